The van der Waals surface area contributed by atoms with Gasteiger partial charge in [0.1, 0.15) is 5.76 Å². The van der Waals surface area contributed by atoms with Gasteiger partial charge in [0.15, 0.2) is 5.09 Å². The van der Waals surface area contributed by atoms with Gasteiger partial charge >= 0.3 is 0 Å². The van der Waals surface area contributed by atoms with E-state index in [1.165, 1.54) is 42.2 Å². The Kier molecular flexibility index (Phi) is 6.50. The maximum atomic E-state index is 12.0. The van der Waals surface area contributed by atoms with Crippen LogP contribution in [0.25, 0.3) is 0 Å². The van der Waals surface area contributed by atoms with Crippen LogP contribution in [-0.4, -0.2) is 17.0 Å². The minimum absolute atomic E-state index is 0.131. The van der Waals surface area contributed by atoms with Gasteiger partial charge in [-0.15, -0.1) is 0 Å². The molecule has 0 aliphatic carbocycles. The van der Waals surface area contributed by atoms with Crippen LogP contribution in [-0.2, 0) is 0 Å². The minimum atomic E-state index is -0.569. The number of nitrogens with one attached hydrogen (secondary N) is 1. The number of nitrogens with zero attached hydrogens (tertiary/aromatic N) is 2. The maximum Gasteiger partial charge on any atom is 0.271 e. The van der Waals surface area contributed by atoms with Gasteiger partial charge in [-0.25, -0.2) is 5.43 Å². The highest BCUT2D eigenvalue weighted by atomic mass is 79.9. The monoisotopic (exact) mass is 479 g/mol. The Balaban J connectivity index is 1.64. The van der Waals surface area contributed by atoms with Crippen LogP contribution in [0.1, 0.15) is 16.1 Å². The van der Waals surface area contributed by atoms with E-state index >= 15 is 0 Å². The van der Waals surface area contributed by atoms with Gasteiger partial charge in [-0.3, -0.25) is 14.9 Å². The molecule has 0 spiro atoms. The van der Waals surface area contributed by atoms with Crippen LogP contribution in [0.2, 0.25) is 5.02 Å². The molecular weight excluding hydrogens is 470 g/mol. The summed E-state index contributed by atoms with van der Waals surface area (Å²) in [5.41, 5.74) is 2.27. The van der Waals surface area contributed by atoms with Crippen molar-refractivity contribution in [2.75, 3.05) is 0 Å². The second-order valence-corrected chi connectivity index (χ2v) is 7.68. The molecule has 2 aromatic carbocycles. The molecule has 0 bridgehead atoms. The molecule has 0 saturated carbocycles. The first-order chi connectivity index (χ1) is 13.4. The Hall–Kier alpha value is -2.62. The SMILES string of the molecule is O=C(N/N=C\c1cc(Br)c(Sc2ccc(Cl)cc2)o1)c1cccc([N+](=O)[O-])c1. The number of hydrogen-bond acceptors (Lipinski definition) is 6. The Bertz CT molecular complexity index is 1050. The number of hydrazone groups is 1. The standard InChI is InChI=1S/C18H11BrClN3O4S/c19-16-9-14(27-18(16)28-15-6-4-12(20)5-7-15)10-21-22-17(24)11-2-1-3-13(8-11)23(25)26/h1-10H,(H,22,24)/b21-10-. The van der Waals surface area contributed by atoms with Gasteiger partial charge in [-0.2, -0.15) is 5.10 Å². The van der Waals surface area contributed by atoms with Crippen molar-refractivity contribution >= 4 is 57.1 Å². The number of halogens is 2. The fourth-order valence-corrected chi connectivity index (χ4v) is 3.55. The number of furan rings is 1. The second kappa shape index (κ2) is 9.05. The Morgan fingerprint density at radius 3 is 2.71 bits per heavy atom. The highest BCUT2D eigenvalue weighted by Gasteiger charge is 2.12. The molecule has 0 radical (unpaired) electrons. The first-order valence-electron chi connectivity index (χ1n) is 7.73. The van der Waals surface area contributed by atoms with Gasteiger partial charge in [0.2, 0.25) is 0 Å². The van der Waals surface area contributed by atoms with Gasteiger partial charge in [-0.05, 0) is 46.3 Å². The zero-order chi connectivity index (χ0) is 20.1. The second-order valence-electron chi connectivity index (χ2n) is 5.35. The summed E-state index contributed by atoms with van der Waals surface area (Å²) in [6.45, 7) is 0. The number of nitro benzene ring substituents is 1. The normalized spacial score (nSPS) is 10.9. The number of rotatable bonds is 6. The molecule has 0 atom stereocenters. The first-order valence-corrected chi connectivity index (χ1v) is 9.72. The van der Waals surface area contributed by atoms with Crippen molar-refractivity contribution < 1.29 is 14.1 Å². The number of benzene rings is 2. The van der Waals surface area contributed by atoms with Crippen LogP contribution >= 0.6 is 39.3 Å². The fraction of sp³-hybridized carbons (Fsp3) is 0. The lowest BCUT2D eigenvalue weighted by molar-refractivity contribution is -0.384. The lowest BCUT2D eigenvalue weighted by atomic mass is 10.2. The fourth-order valence-electron chi connectivity index (χ4n) is 2.09. The molecule has 1 N–H and O–H groups in total. The van der Waals surface area contributed by atoms with Gasteiger partial charge in [0.25, 0.3) is 11.6 Å². The number of non-ortho nitro benzene ring substituents is 1. The molecule has 10 heteroatoms. The molecule has 0 aliphatic heterocycles. The zero-order valence-corrected chi connectivity index (χ0v) is 17.1. The predicted octanol–water partition coefficient (Wildman–Crippen LogP) is 5.52. The molecule has 3 aromatic rings. The summed E-state index contributed by atoms with van der Waals surface area (Å²) in [7, 11) is 0. The highest BCUT2D eigenvalue weighted by molar-refractivity contribution is 9.10. The number of nitro groups is 1. The van der Waals surface area contributed by atoms with Crippen LogP contribution in [0.4, 0.5) is 5.69 Å². The van der Waals surface area contributed by atoms with Crippen molar-refractivity contribution in [1.82, 2.24) is 5.43 Å². The molecule has 0 unspecified atom stereocenters. The van der Waals surface area contributed by atoms with Gasteiger partial charge in [0, 0.05) is 33.7 Å². The highest BCUT2D eigenvalue weighted by Crippen LogP contribution is 2.35. The third-order valence-electron chi connectivity index (χ3n) is 3.38. The molecule has 0 saturated heterocycles. The molecule has 1 heterocycles. The van der Waals surface area contributed by atoms with Crippen LogP contribution in [0.5, 0.6) is 0 Å². The van der Waals surface area contributed by atoms with E-state index in [9.17, 15) is 14.9 Å². The van der Waals surface area contributed by atoms with E-state index < -0.39 is 10.8 Å². The summed E-state index contributed by atoms with van der Waals surface area (Å²) >= 11 is 10.7. The third-order valence-corrected chi connectivity index (χ3v) is 5.48. The van der Waals surface area contributed by atoms with Crippen LogP contribution in [0.3, 0.4) is 0 Å². The van der Waals surface area contributed by atoms with Crippen molar-refractivity contribution in [2.45, 2.75) is 9.99 Å². The largest absolute Gasteiger partial charge is 0.447 e. The van der Waals surface area contributed by atoms with E-state index in [0.717, 1.165) is 9.37 Å². The molecule has 0 aliphatic rings. The molecule has 0 fully saturated rings. The quantitative estimate of drug-likeness (QED) is 0.285. The maximum absolute atomic E-state index is 12.0. The molecule has 3 rings (SSSR count). The van der Waals surface area contributed by atoms with Gasteiger partial charge in [0.05, 0.1) is 15.6 Å². The molecule has 1 aromatic heterocycles. The Labute approximate surface area is 177 Å². The summed E-state index contributed by atoms with van der Waals surface area (Å²) in [6, 6.07) is 14.4. The summed E-state index contributed by atoms with van der Waals surface area (Å²) in [5, 5.41) is 15.9. The molecule has 1 amide bonds. The van der Waals surface area contributed by atoms with Crippen LogP contribution in [0, 0.1) is 10.1 Å². The topological polar surface area (TPSA) is 97.7 Å². The van der Waals surface area contributed by atoms with Crippen molar-refractivity contribution in [2.24, 2.45) is 5.10 Å². The van der Waals surface area contributed by atoms with E-state index in [2.05, 4.69) is 26.5 Å². The van der Waals surface area contributed by atoms with E-state index in [0.29, 0.717) is 15.9 Å². The van der Waals surface area contributed by atoms with Crippen molar-refractivity contribution in [3.8, 4) is 0 Å². The smallest absolute Gasteiger partial charge is 0.271 e. The zero-order valence-electron chi connectivity index (χ0n) is 14.0. The number of hydrogen-bond donors (Lipinski definition) is 1. The Morgan fingerprint density at radius 2 is 2.00 bits per heavy atom. The van der Waals surface area contributed by atoms with Crippen molar-refractivity contribution in [3.05, 3.63) is 85.5 Å². The summed E-state index contributed by atoms with van der Waals surface area (Å²) in [5.74, 6) is -0.149. The predicted molar refractivity (Wildman–Crippen MR) is 110 cm³/mol. The Morgan fingerprint density at radius 1 is 1.25 bits per heavy atom. The minimum Gasteiger partial charge on any atom is -0.447 e. The average molecular weight is 481 g/mol. The van der Waals surface area contributed by atoms with Crippen molar-refractivity contribution in [3.63, 3.8) is 0 Å². The summed E-state index contributed by atoms with van der Waals surface area (Å²) in [4.78, 5) is 23.2. The molecular formula is C18H11BrClN3O4S. The van der Waals surface area contributed by atoms with E-state index in [1.807, 2.05) is 12.1 Å². The number of amides is 1. The third kappa shape index (κ3) is 5.22. The van der Waals surface area contributed by atoms with E-state index in [-0.39, 0.29) is 11.3 Å². The van der Waals surface area contributed by atoms with Crippen LogP contribution < -0.4 is 5.43 Å². The summed E-state index contributed by atoms with van der Waals surface area (Å²) < 4.78 is 6.41. The van der Waals surface area contributed by atoms with Crippen molar-refractivity contribution in [1.29, 1.82) is 0 Å². The van der Waals surface area contributed by atoms with E-state index in [1.54, 1.807) is 18.2 Å². The molecule has 7 nitrogen and oxygen atoms in total. The lowest BCUT2D eigenvalue weighted by Crippen LogP contribution is -2.17. The summed E-state index contributed by atoms with van der Waals surface area (Å²) in [6.07, 6.45) is 1.34. The van der Waals surface area contributed by atoms with E-state index in [4.69, 9.17) is 16.0 Å². The lowest BCUT2D eigenvalue weighted by Gasteiger charge is -1.99. The molecule has 142 valence electrons. The molecule has 28 heavy (non-hydrogen) atoms. The van der Waals surface area contributed by atoms with Gasteiger partial charge < -0.3 is 4.42 Å². The number of carbonyl (C=O) groups excluding carboxylic acids is 1. The number of carbonyl (C=O) groups is 1. The van der Waals surface area contributed by atoms with Crippen LogP contribution in [0.15, 0.2) is 78.6 Å². The first kappa shape index (κ1) is 20.1. The van der Waals surface area contributed by atoms with Gasteiger partial charge in [-0.1, -0.05) is 29.4 Å². The average Bonchev–Trinajstić information content (AvgIpc) is 3.03.